The predicted molar refractivity (Wildman–Crippen MR) is 82.2 cm³/mol. The van der Waals surface area contributed by atoms with Crippen LogP contribution in [0.15, 0.2) is 48.5 Å². The van der Waals surface area contributed by atoms with E-state index >= 15 is 0 Å². The van der Waals surface area contributed by atoms with E-state index in [1.807, 2.05) is 0 Å². The van der Waals surface area contributed by atoms with Crippen LogP contribution >= 0.6 is 0 Å². The van der Waals surface area contributed by atoms with Crippen LogP contribution < -0.4 is 5.73 Å². The van der Waals surface area contributed by atoms with E-state index in [1.54, 1.807) is 0 Å². The number of aryl methyl sites for hydroxylation is 3. The Hall–Kier alpha value is -1.60. The van der Waals surface area contributed by atoms with Crippen LogP contribution in [0.5, 0.6) is 0 Å². The lowest BCUT2D eigenvalue weighted by Gasteiger charge is -2.17. The van der Waals surface area contributed by atoms with E-state index in [4.69, 9.17) is 5.73 Å². The van der Waals surface area contributed by atoms with Gasteiger partial charge >= 0.3 is 0 Å². The fourth-order valence-corrected chi connectivity index (χ4v) is 2.73. The molecule has 0 fully saturated rings. The second-order valence-corrected chi connectivity index (χ2v) is 5.29. The zero-order valence-corrected chi connectivity index (χ0v) is 11.9. The molecule has 0 amide bonds. The minimum atomic E-state index is 0.157. The van der Waals surface area contributed by atoms with Crippen molar-refractivity contribution in [3.8, 4) is 0 Å². The first-order valence-corrected chi connectivity index (χ1v) is 7.04. The standard InChI is InChI=1S/C18H23N/c1-14-8-6-9-15(2)18(14)17(19)13-7-12-16-10-4-3-5-11-16/h3-6,8-11,17H,7,12-13,19H2,1-2H3. The van der Waals surface area contributed by atoms with Gasteiger partial charge in [0.2, 0.25) is 0 Å². The van der Waals surface area contributed by atoms with E-state index in [2.05, 4.69) is 62.4 Å². The smallest absolute Gasteiger partial charge is 0.0300 e. The van der Waals surface area contributed by atoms with E-state index in [9.17, 15) is 0 Å². The highest BCUT2D eigenvalue weighted by Crippen LogP contribution is 2.24. The summed E-state index contributed by atoms with van der Waals surface area (Å²) in [4.78, 5) is 0. The van der Waals surface area contributed by atoms with Crippen LogP contribution in [0.4, 0.5) is 0 Å². The Morgan fingerprint density at radius 2 is 1.53 bits per heavy atom. The monoisotopic (exact) mass is 253 g/mol. The van der Waals surface area contributed by atoms with Crippen molar-refractivity contribution in [2.75, 3.05) is 0 Å². The zero-order chi connectivity index (χ0) is 13.7. The summed E-state index contributed by atoms with van der Waals surface area (Å²) in [6.07, 6.45) is 3.29. The molecule has 1 nitrogen and oxygen atoms in total. The summed E-state index contributed by atoms with van der Waals surface area (Å²) in [6.45, 7) is 4.30. The molecule has 1 heteroatoms. The molecule has 0 radical (unpaired) electrons. The van der Waals surface area contributed by atoms with Crippen LogP contribution in [0, 0.1) is 13.8 Å². The highest BCUT2D eigenvalue weighted by atomic mass is 14.6. The first kappa shape index (κ1) is 13.8. The number of hydrogen-bond donors (Lipinski definition) is 1. The van der Waals surface area contributed by atoms with E-state index in [1.165, 1.54) is 22.3 Å². The third-order valence-electron chi connectivity index (χ3n) is 3.74. The van der Waals surface area contributed by atoms with Crippen LogP contribution in [-0.4, -0.2) is 0 Å². The topological polar surface area (TPSA) is 26.0 Å². The molecule has 0 bridgehead atoms. The molecule has 1 atom stereocenters. The third kappa shape index (κ3) is 3.68. The van der Waals surface area contributed by atoms with Gasteiger partial charge in [0.1, 0.15) is 0 Å². The van der Waals surface area contributed by atoms with Crippen molar-refractivity contribution in [3.63, 3.8) is 0 Å². The van der Waals surface area contributed by atoms with E-state index in [0.717, 1.165) is 19.3 Å². The maximum atomic E-state index is 6.36. The molecule has 0 aliphatic rings. The number of rotatable bonds is 5. The molecule has 0 aliphatic heterocycles. The van der Waals surface area contributed by atoms with Crippen LogP contribution in [-0.2, 0) is 6.42 Å². The lowest BCUT2D eigenvalue weighted by Crippen LogP contribution is -2.13. The quantitative estimate of drug-likeness (QED) is 0.843. The molecule has 19 heavy (non-hydrogen) atoms. The van der Waals surface area contributed by atoms with Crippen molar-refractivity contribution >= 4 is 0 Å². The van der Waals surface area contributed by atoms with Crippen molar-refractivity contribution < 1.29 is 0 Å². The Balaban J connectivity index is 1.93. The summed E-state index contributed by atoms with van der Waals surface area (Å²) >= 11 is 0. The number of benzene rings is 2. The largest absolute Gasteiger partial charge is 0.324 e. The molecule has 0 aliphatic carbocycles. The average molecular weight is 253 g/mol. The molecule has 0 saturated heterocycles. The van der Waals surface area contributed by atoms with Gasteiger partial charge in [-0.05, 0) is 55.4 Å². The molecular formula is C18H23N. The van der Waals surface area contributed by atoms with Crippen molar-refractivity contribution in [2.45, 2.75) is 39.2 Å². The Morgan fingerprint density at radius 3 is 2.16 bits per heavy atom. The van der Waals surface area contributed by atoms with Gasteiger partial charge in [-0.2, -0.15) is 0 Å². The minimum Gasteiger partial charge on any atom is -0.324 e. The fourth-order valence-electron chi connectivity index (χ4n) is 2.73. The fraction of sp³-hybridized carbons (Fsp3) is 0.333. The molecule has 2 N–H and O–H groups in total. The molecular weight excluding hydrogens is 230 g/mol. The molecule has 2 rings (SSSR count). The zero-order valence-electron chi connectivity index (χ0n) is 11.9. The lowest BCUT2D eigenvalue weighted by atomic mass is 9.93. The Labute approximate surface area is 116 Å². The van der Waals surface area contributed by atoms with Gasteiger partial charge in [0.25, 0.3) is 0 Å². The molecule has 0 aromatic heterocycles. The van der Waals surface area contributed by atoms with Gasteiger partial charge in [-0.15, -0.1) is 0 Å². The van der Waals surface area contributed by atoms with Crippen LogP contribution in [0.3, 0.4) is 0 Å². The van der Waals surface area contributed by atoms with Crippen molar-refractivity contribution in [1.29, 1.82) is 0 Å². The van der Waals surface area contributed by atoms with Crippen LogP contribution in [0.1, 0.15) is 41.1 Å². The molecule has 100 valence electrons. The highest BCUT2D eigenvalue weighted by Gasteiger charge is 2.11. The summed E-state index contributed by atoms with van der Waals surface area (Å²) in [7, 11) is 0. The molecule has 1 unspecified atom stereocenters. The van der Waals surface area contributed by atoms with Gasteiger partial charge in [-0.3, -0.25) is 0 Å². The molecule has 2 aromatic rings. The normalized spacial score (nSPS) is 12.4. The third-order valence-corrected chi connectivity index (χ3v) is 3.74. The average Bonchev–Trinajstić information content (AvgIpc) is 2.40. The summed E-state index contributed by atoms with van der Waals surface area (Å²) in [5.41, 5.74) is 11.7. The van der Waals surface area contributed by atoms with E-state index in [0.29, 0.717) is 0 Å². The summed E-state index contributed by atoms with van der Waals surface area (Å²) in [5.74, 6) is 0. The van der Waals surface area contributed by atoms with Gasteiger partial charge in [0.05, 0.1) is 0 Å². The van der Waals surface area contributed by atoms with Gasteiger partial charge in [0, 0.05) is 6.04 Å². The van der Waals surface area contributed by atoms with Crippen molar-refractivity contribution in [1.82, 2.24) is 0 Å². The maximum Gasteiger partial charge on any atom is 0.0300 e. The molecule has 0 saturated carbocycles. The van der Waals surface area contributed by atoms with Crippen molar-refractivity contribution in [2.24, 2.45) is 5.73 Å². The van der Waals surface area contributed by atoms with Gasteiger partial charge in [-0.1, -0.05) is 48.5 Å². The highest BCUT2D eigenvalue weighted by molar-refractivity contribution is 5.35. The molecule has 0 heterocycles. The van der Waals surface area contributed by atoms with E-state index in [-0.39, 0.29) is 6.04 Å². The van der Waals surface area contributed by atoms with E-state index < -0.39 is 0 Å². The van der Waals surface area contributed by atoms with Crippen LogP contribution in [0.2, 0.25) is 0 Å². The summed E-state index contributed by atoms with van der Waals surface area (Å²) in [5, 5.41) is 0. The predicted octanol–water partition coefficient (Wildman–Crippen LogP) is 4.33. The summed E-state index contributed by atoms with van der Waals surface area (Å²) < 4.78 is 0. The molecule has 0 spiro atoms. The minimum absolute atomic E-state index is 0.157. The van der Waals surface area contributed by atoms with Crippen molar-refractivity contribution in [3.05, 3.63) is 70.8 Å². The second kappa shape index (κ2) is 6.53. The first-order chi connectivity index (χ1) is 9.18. The summed E-state index contributed by atoms with van der Waals surface area (Å²) in [6, 6.07) is 17.2. The second-order valence-electron chi connectivity index (χ2n) is 5.29. The first-order valence-electron chi connectivity index (χ1n) is 7.04. The number of hydrogen-bond acceptors (Lipinski definition) is 1. The van der Waals surface area contributed by atoms with Gasteiger partial charge < -0.3 is 5.73 Å². The SMILES string of the molecule is Cc1cccc(C)c1C(N)CCCc1ccccc1. The maximum absolute atomic E-state index is 6.36. The molecule has 2 aromatic carbocycles. The van der Waals surface area contributed by atoms with Gasteiger partial charge in [-0.25, -0.2) is 0 Å². The Kier molecular flexibility index (Phi) is 4.75. The Bertz CT molecular complexity index is 496. The lowest BCUT2D eigenvalue weighted by molar-refractivity contribution is 0.606. The Morgan fingerprint density at radius 1 is 0.895 bits per heavy atom. The van der Waals surface area contributed by atoms with Gasteiger partial charge in [0.15, 0.2) is 0 Å². The number of nitrogens with two attached hydrogens (primary N) is 1. The van der Waals surface area contributed by atoms with Crippen LogP contribution in [0.25, 0.3) is 0 Å².